The van der Waals surface area contributed by atoms with Crippen molar-refractivity contribution in [2.24, 2.45) is 5.92 Å². The van der Waals surface area contributed by atoms with Gasteiger partial charge in [0.05, 0.1) is 0 Å². The molecule has 16 heavy (non-hydrogen) atoms. The number of nitrogens with zero attached hydrogens (tertiary/aromatic N) is 1. The van der Waals surface area contributed by atoms with Gasteiger partial charge in [0.25, 0.3) is 0 Å². The van der Waals surface area contributed by atoms with E-state index in [1.165, 1.54) is 0 Å². The maximum Gasteiger partial charge on any atom is 0.246 e. The summed E-state index contributed by atoms with van der Waals surface area (Å²) in [6.45, 7) is 7.92. The van der Waals surface area contributed by atoms with Crippen LogP contribution < -0.4 is 5.32 Å². The van der Waals surface area contributed by atoms with Crippen LogP contribution in [0.1, 0.15) is 26.7 Å². The highest BCUT2D eigenvalue weighted by atomic mass is 16.2. The molecule has 2 fully saturated rings. The molecular formula is C12H18N2O2. The molecule has 0 radical (unpaired) electrons. The molecule has 1 saturated carbocycles. The Hall–Kier alpha value is -1.32. The second-order valence-electron chi connectivity index (χ2n) is 4.92. The predicted molar refractivity (Wildman–Crippen MR) is 60.6 cm³/mol. The lowest BCUT2D eigenvalue weighted by Crippen LogP contribution is -2.63. The van der Waals surface area contributed by atoms with Gasteiger partial charge >= 0.3 is 0 Å². The number of rotatable bonds is 3. The number of carbonyl (C=O) groups excluding carboxylic acids is 2. The number of hydrogen-bond acceptors (Lipinski definition) is 2. The molecule has 1 N–H and O–H groups in total. The summed E-state index contributed by atoms with van der Waals surface area (Å²) in [5.74, 6) is 0.368. The first kappa shape index (κ1) is 11.2. The standard InChI is InChI=1S/C12H18N2O2/c1-7(2)6-14-8(3)11(15)13-10(12(14)16)9-4-5-9/h8-10H,1,4-6H2,2-3H3,(H,13,15). The first-order valence-electron chi connectivity index (χ1n) is 5.76. The van der Waals surface area contributed by atoms with E-state index in [0.717, 1.165) is 18.4 Å². The molecule has 4 nitrogen and oxygen atoms in total. The third-order valence-electron chi connectivity index (χ3n) is 3.23. The SMILES string of the molecule is C=C(C)CN1C(=O)C(C2CC2)NC(=O)C1C. The highest BCUT2D eigenvalue weighted by Crippen LogP contribution is 2.35. The highest BCUT2D eigenvalue weighted by molar-refractivity contribution is 5.97. The first-order chi connectivity index (χ1) is 7.50. The van der Waals surface area contributed by atoms with Crippen LogP contribution in [0.25, 0.3) is 0 Å². The summed E-state index contributed by atoms with van der Waals surface area (Å²) < 4.78 is 0. The monoisotopic (exact) mass is 222 g/mol. The second kappa shape index (κ2) is 3.92. The Balaban J connectivity index is 2.15. The van der Waals surface area contributed by atoms with E-state index < -0.39 is 0 Å². The molecule has 2 aliphatic rings. The van der Waals surface area contributed by atoms with E-state index in [9.17, 15) is 9.59 Å². The molecular weight excluding hydrogens is 204 g/mol. The van der Waals surface area contributed by atoms with Gasteiger partial charge in [-0.05, 0) is 32.6 Å². The van der Waals surface area contributed by atoms with Gasteiger partial charge in [0.1, 0.15) is 12.1 Å². The van der Waals surface area contributed by atoms with Crippen molar-refractivity contribution in [3.8, 4) is 0 Å². The Labute approximate surface area is 95.7 Å². The maximum atomic E-state index is 12.2. The summed E-state index contributed by atoms with van der Waals surface area (Å²) in [5.41, 5.74) is 0.907. The lowest BCUT2D eigenvalue weighted by Gasteiger charge is -2.37. The Morgan fingerprint density at radius 2 is 2.12 bits per heavy atom. The van der Waals surface area contributed by atoms with Gasteiger partial charge in [-0.25, -0.2) is 0 Å². The molecule has 0 spiro atoms. The van der Waals surface area contributed by atoms with Crippen molar-refractivity contribution in [2.75, 3.05) is 6.54 Å². The summed E-state index contributed by atoms with van der Waals surface area (Å²) in [6, 6.07) is -0.665. The molecule has 88 valence electrons. The molecule has 0 aromatic heterocycles. The zero-order valence-electron chi connectivity index (χ0n) is 9.82. The second-order valence-corrected chi connectivity index (χ2v) is 4.92. The Kier molecular flexibility index (Phi) is 2.74. The van der Waals surface area contributed by atoms with Crippen LogP contribution in [-0.4, -0.2) is 35.3 Å². The van der Waals surface area contributed by atoms with Crippen LogP contribution in [0.3, 0.4) is 0 Å². The van der Waals surface area contributed by atoms with Crippen molar-refractivity contribution in [3.05, 3.63) is 12.2 Å². The number of nitrogens with one attached hydrogen (secondary N) is 1. The van der Waals surface area contributed by atoms with Crippen molar-refractivity contribution in [1.82, 2.24) is 10.2 Å². The van der Waals surface area contributed by atoms with Crippen LogP contribution in [0.5, 0.6) is 0 Å². The average molecular weight is 222 g/mol. The molecule has 2 atom stereocenters. The molecule has 2 unspecified atom stereocenters. The summed E-state index contributed by atoms with van der Waals surface area (Å²) in [4.78, 5) is 25.6. The third-order valence-corrected chi connectivity index (χ3v) is 3.23. The molecule has 1 aliphatic carbocycles. The minimum Gasteiger partial charge on any atom is -0.342 e. The molecule has 1 heterocycles. The maximum absolute atomic E-state index is 12.2. The van der Waals surface area contributed by atoms with Crippen LogP contribution in [0.4, 0.5) is 0 Å². The number of hydrogen-bond donors (Lipinski definition) is 1. The molecule has 2 amide bonds. The number of piperazine rings is 1. The van der Waals surface area contributed by atoms with Gasteiger partial charge in [-0.1, -0.05) is 12.2 Å². The summed E-state index contributed by atoms with van der Waals surface area (Å²) >= 11 is 0. The Morgan fingerprint density at radius 3 is 2.62 bits per heavy atom. The topological polar surface area (TPSA) is 49.4 Å². The number of amides is 2. The van der Waals surface area contributed by atoms with Gasteiger partial charge < -0.3 is 10.2 Å². The Morgan fingerprint density at radius 1 is 1.50 bits per heavy atom. The van der Waals surface area contributed by atoms with Crippen LogP contribution in [-0.2, 0) is 9.59 Å². The minimum absolute atomic E-state index is 0.0437. The van der Waals surface area contributed by atoms with Gasteiger partial charge in [0, 0.05) is 6.54 Å². The zero-order valence-corrected chi connectivity index (χ0v) is 9.82. The minimum atomic E-state index is -0.376. The fourth-order valence-electron chi connectivity index (χ4n) is 2.10. The molecule has 0 aromatic carbocycles. The third kappa shape index (κ3) is 1.96. The number of carbonyl (C=O) groups is 2. The van der Waals surface area contributed by atoms with E-state index in [1.807, 2.05) is 6.92 Å². The van der Waals surface area contributed by atoms with Crippen LogP contribution in [0.2, 0.25) is 0 Å². The normalized spacial score (nSPS) is 30.2. The van der Waals surface area contributed by atoms with Crippen molar-refractivity contribution in [1.29, 1.82) is 0 Å². The van der Waals surface area contributed by atoms with Crippen molar-refractivity contribution >= 4 is 11.8 Å². The lowest BCUT2D eigenvalue weighted by atomic mass is 10.0. The molecule has 0 bridgehead atoms. The molecule has 1 saturated heterocycles. The van der Waals surface area contributed by atoms with Gasteiger partial charge in [-0.15, -0.1) is 0 Å². The molecule has 4 heteroatoms. The van der Waals surface area contributed by atoms with Crippen LogP contribution in [0.15, 0.2) is 12.2 Å². The first-order valence-corrected chi connectivity index (χ1v) is 5.76. The van der Waals surface area contributed by atoms with E-state index in [1.54, 1.807) is 11.8 Å². The van der Waals surface area contributed by atoms with Gasteiger partial charge in [-0.2, -0.15) is 0 Å². The summed E-state index contributed by atoms with van der Waals surface area (Å²) in [6.07, 6.45) is 2.10. The Bertz CT molecular complexity index is 347. The lowest BCUT2D eigenvalue weighted by molar-refractivity contribution is -0.148. The fraction of sp³-hybridized carbons (Fsp3) is 0.667. The highest BCUT2D eigenvalue weighted by Gasteiger charge is 2.45. The largest absolute Gasteiger partial charge is 0.342 e. The van der Waals surface area contributed by atoms with Gasteiger partial charge in [0.2, 0.25) is 11.8 Å². The van der Waals surface area contributed by atoms with Crippen LogP contribution in [0, 0.1) is 5.92 Å². The molecule has 2 rings (SSSR count). The average Bonchev–Trinajstić information content (AvgIpc) is 3.01. The molecule has 0 aromatic rings. The fourth-order valence-corrected chi connectivity index (χ4v) is 2.10. The van der Waals surface area contributed by atoms with Gasteiger partial charge in [0.15, 0.2) is 0 Å². The van der Waals surface area contributed by atoms with Crippen molar-refractivity contribution in [3.63, 3.8) is 0 Å². The molecule has 1 aliphatic heterocycles. The smallest absolute Gasteiger partial charge is 0.246 e. The quantitative estimate of drug-likeness (QED) is 0.714. The van der Waals surface area contributed by atoms with E-state index in [-0.39, 0.29) is 23.9 Å². The van der Waals surface area contributed by atoms with Crippen LogP contribution >= 0.6 is 0 Å². The summed E-state index contributed by atoms with van der Waals surface area (Å²) in [5, 5.41) is 2.82. The summed E-state index contributed by atoms with van der Waals surface area (Å²) in [7, 11) is 0. The van der Waals surface area contributed by atoms with Crippen molar-refractivity contribution < 1.29 is 9.59 Å². The van der Waals surface area contributed by atoms with E-state index in [4.69, 9.17) is 0 Å². The van der Waals surface area contributed by atoms with Gasteiger partial charge in [-0.3, -0.25) is 9.59 Å². The van der Waals surface area contributed by atoms with Crippen molar-refractivity contribution in [2.45, 2.75) is 38.8 Å². The predicted octanol–water partition coefficient (Wildman–Crippen LogP) is 0.688. The van der Waals surface area contributed by atoms with E-state index >= 15 is 0 Å². The zero-order chi connectivity index (χ0) is 11.9. The van der Waals surface area contributed by atoms with E-state index in [0.29, 0.717) is 12.5 Å². The van der Waals surface area contributed by atoms with E-state index in [2.05, 4.69) is 11.9 Å².